The van der Waals surface area contributed by atoms with Crippen LogP contribution in [-0.2, 0) is 0 Å². The average molecular weight is 271 g/mol. The molecule has 5 heteroatoms. The Bertz CT molecular complexity index is 614. The number of nitrogens with two attached hydrogens (primary N) is 1. The van der Waals surface area contributed by atoms with E-state index >= 15 is 0 Å². The second kappa shape index (κ2) is 5.54. The van der Waals surface area contributed by atoms with Gasteiger partial charge >= 0.3 is 0 Å². The van der Waals surface area contributed by atoms with E-state index < -0.39 is 0 Å². The number of aromatic nitrogens is 3. The lowest BCUT2D eigenvalue weighted by Crippen LogP contribution is -2.15. The zero-order valence-electron chi connectivity index (χ0n) is 12.7. The molecule has 0 aliphatic carbocycles. The summed E-state index contributed by atoms with van der Waals surface area (Å²) in [5, 5.41) is 0. The maximum Gasteiger partial charge on any atom is 0.180 e. The summed E-state index contributed by atoms with van der Waals surface area (Å²) in [6.07, 6.45) is 0. The van der Waals surface area contributed by atoms with Crippen LogP contribution < -0.4 is 11.3 Å². The van der Waals surface area contributed by atoms with Crippen LogP contribution in [0, 0.1) is 20.8 Å². The summed E-state index contributed by atoms with van der Waals surface area (Å²) in [4.78, 5) is 13.6. The summed E-state index contributed by atoms with van der Waals surface area (Å²) in [6.45, 7) is 10.2. The minimum atomic E-state index is 0.308. The Morgan fingerprint density at radius 1 is 1.05 bits per heavy atom. The fraction of sp³-hybridized carbons (Fsp3) is 0.400. The molecule has 2 rings (SSSR count). The number of hydrogen-bond acceptors (Lipinski definition) is 5. The van der Waals surface area contributed by atoms with Gasteiger partial charge in [0.2, 0.25) is 0 Å². The molecule has 0 spiro atoms. The molecule has 0 bridgehead atoms. The van der Waals surface area contributed by atoms with Gasteiger partial charge in [0, 0.05) is 17.0 Å². The minimum absolute atomic E-state index is 0.308. The lowest BCUT2D eigenvalue weighted by Gasteiger charge is -2.15. The largest absolute Gasteiger partial charge is 0.308 e. The van der Waals surface area contributed by atoms with Crippen molar-refractivity contribution in [2.24, 2.45) is 5.84 Å². The average Bonchev–Trinajstić information content (AvgIpc) is 2.35. The van der Waals surface area contributed by atoms with Crippen LogP contribution in [0.1, 0.15) is 42.3 Å². The van der Waals surface area contributed by atoms with E-state index in [1.165, 1.54) is 0 Å². The Hall–Kier alpha value is -2.01. The molecule has 20 heavy (non-hydrogen) atoms. The number of aryl methyl sites for hydroxylation is 3. The molecule has 0 aliphatic heterocycles. The SMILES string of the molecule is Cc1cc(C)nc(-c2nc(C)c(C(C)C)c(NN)n2)c1. The molecule has 2 heterocycles. The molecular weight excluding hydrogens is 250 g/mol. The molecule has 106 valence electrons. The zero-order valence-corrected chi connectivity index (χ0v) is 12.7. The molecule has 0 saturated heterocycles. The number of hydrogen-bond donors (Lipinski definition) is 2. The normalized spacial score (nSPS) is 10.9. The number of nitrogen functional groups attached to an aromatic ring is 1. The van der Waals surface area contributed by atoms with Crippen molar-refractivity contribution in [3.05, 3.63) is 34.6 Å². The number of nitrogens with one attached hydrogen (secondary N) is 1. The van der Waals surface area contributed by atoms with Crippen LogP contribution in [0.5, 0.6) is 0 Å². The molecule has 0 amide bonds. The fourth-order valence-corrected chi connectivity index (χ4v) is 2.45. The molecule has 0 atom stereocenters. The van der Waals surface area contributed by atoms with Gasteiger partial charge in [-0.25, -0.2) is 20.8 Å². The minimum Gasteiger partial charge on any atom is -0.308 e. The maximum atomic E-state index is 5.60. The molecule has 0 radical (unpaired) electrons. The zero-order chi connectivity index (χ0) is 14.9. The third-order valence-corrected chi connectivity index (χ3v) is 3.18. The van der Waals surface area contributed by atoms with Gasteiger partial charge in [0.1, 0.15) is 11.5 Å². The quantitative estimate of drug-likeness (QED) is 0.663. The van der Waals surface area contributed by atoms with Crippen molar-refractivity contribution in [1.29, 1.82) is 0 Å². The van der Waals surface area contributed by atoms with Crippen molar-refractivity contribution < 1.29 is 0 Å². The van der Waals surface area contributed by atoms with Crippen molar-refractivity contribution in [2.45, 2.75) is 40.5 Å². The second-order valence-electron chi connectivity index (χ2n) is 5.37. The van der Waals surface area contributed by atoms with Crippen LogP contribution >= 0.6 is 0 Å². The molecule has 2 aromatic heterocycles. The summed E-state index contributed by atoms with van der Waals surface area (Å²) in [5.74, 6) is 7.18. The summed E-state index contributed by atoms with van der Waals surface area (Å²) >= 11 is 0. The van der Waals surface area contributed by atoms with E-state index in [9.17, 15) is 0 Å². The third kappa shape index (κ3) is 2.77. The highest BCUT2D eigenvalue weighted by molar-refractivity contribution is 5.57. The van der Waals surface area contributed by atoms with Crippen molar-refractivity contribution in [2.75, 3.05) is 5.43 Å². The van der Waals surface area contributed by atoms with Crippen LogP contribution in [-0.4, -0.2) is 15.0 Å². The Kier molecular flexibility index (Phi) is 3.99. The van der Waals surface area contributed by atoms with E-state index in [2.05, 4.69) is 34.2 Å². The lowest BCUT2D eigenvalue weighted by molar-refractivity contribution is 0.831. The first-order valence-electron chi connectivity index (χ1n) is 6.73. The summed E-state index contributed by atoms with van der Waals surface area (Å²) in [7, 11) is 0. The van der Waals surface area contributed by atoms with Crippen molar-refractivity contribution in [3.63, 3.8) is 0 Å². The Balaban J connectivity index is 2.61. The summed E-state index contributed by atoms with van der Waals surface area (Å²) in [5.41, 5.74) is 7.52. The summed E-state index contributed by atoms with van der Waals surface area (Å²) in [6, 6.07) is 4.01. The van der Waals surface area contributed by atoms with Gasteiger partial charge in [-0.1, -0.05) is 13.8 Å². The van der Waals surface area contributed by atoms with Gasteiger partial charge in [-0.2, -0.15) is 0 Å². The highest BCUT2D eigenvalue weighted by atomic mass is 15.3. The van der Waals surface area contributed by atoms with Crippen LogP contribution in [0.15, 0.2) is 12.1 Å². The molecule has 0 aromatic carbocycles. The van der Waals surface area contributed by atoms with Gasteiger partial charge in [-0.15, -0.1) is 0 Å². The number of nitrogens with zero attached hydrogens (tertiary/aromatic N) is 3. The predicted molar refractivity (Wildman–Crippen MR) is 81.4 cm³/mol. The highest BCUT2D eigenvalue weighted by Gasteiger charge is 2.15. The van der Waals surface area contributed by atoms with Crippen LogP contribution in [0.4, 0.5) is 5.82 Å². The number of hydrazine groups is 1. The lowest BCUT2D eigenvalue weighted by atomic mass is 10.0. The van der Waals surface area contributed by atoms with Gasteiger partial charge in [0.15, 0.2) is 5.82 Å². The van der Waals surface area contributed by atoms with E-state index in [-0.39, 0.29) is 0 Å². The first-order valence-corrected chi connectivity index (χ1v) is 6.73. The molecule has 0 fully saturated rings. The number of anilines is 1. The monoisotopic (exact) mass is 271 g/mol. The topological polar surface area (TPSA) is 76.7 Å². The van der Waals surface area contributed by atoms with E-state index in [1.807, 2.05) is 32.9 Å². The van der Waals surface area contributed by atoms with E-state index in [4.69, 9.17) is 5.84 Å². The van der Waals surface area contributed by atoms with Gasteiger partial charge in [-0.05, 0) is 44.4 Å². The van der Waals surface area contributed by atoms with Crippen LogP contribution in [0.3, 0.4) is 0 Å². The molecule has 0 unspecified atom stereocenters. The number of rotatable bonds is 3. The molecule has 3 N–H and O–H groups in total. The standard InChI is InChI=1S/C15H21N5/c1-8(2)13-11(5)18-14(19-15(13)20-16)12-7-9(3)6-10(4)17-12/h6-8H,16H2,1-5H3,(H,18,19,20). The maximum absolute atomic E-state index is 5.60. The Morgan fingerprint density at radius 3 is 2.30 bits per heavy atom. The van der Waals surface area contributed by atoms with E-state index in [0.717, 1.165) is 28.2 Å². The molecule has 0 aliphatic rings. The van der Waals surface area contributed by atoms with Gasteiger partial charge < -0.3 is 5.43 Å². The van der Waals surface area contributed by atoms with E-state index in [1.54, 1.807) is 0 Å². The van der Waals surface area contributed by atoms with Crippen LogP contribution in [0.25, 0.3) is 11.5 Å². The molecule has 2 aromatic rings. The first-order chi connectivity index (χ1) is 9.42. The summed E-state index contributed by atoms with van der Waals surface area (Å²) < 4.78 is 0. The second-order valence-corrected chi connectivity index (χ2v) is 5.37. The Labute approximate surface area is 119 Å². The van der Waals surface area contributed by atoms with Gasteiger partial charge in [-0.3, -0.25) is 0 Å². The molecule has 0 saturated carbocycles. The predicted octanol–water partition coefficient (Wildman–Crippen LogP) is 2.87. The Morgan fingerprint density at radius 2 is 1.75 bits per heavy atom. The number of pyridine rings is 1. The van der Waals surface area contributed by atoms with Crippen molar-refractivity contribution >= 4 is 5.82 Å². The first kappa shape index (κ1) is 14.4. The van der Waals surface area contributed by atoms with Gasteiger partial charge in [0.25, 0.3) is 0 Å². The third-order valence-electron chi connectivity index (χ3n) is 3.18. The smallest absolute Gasteiger partial charge is 0.180 e. The fourth-order valence-electron chi connectivity index (χ4n) is 2.45. The van der Waals surface area contributed by atoms with Crippen molar-refractivity contribution in [1.82, 2.24) is 15.0 Å². The van der Waals surface area contributed by atoms with Gasteiger partial charge in [0.05, 0.1) is 0 Å². The van der Waals surface area contributed by atoms with Crippen LogP contribution in [0.2, 0.25) is 0 Å². The molecule has 5 nitrogen and oxygen atoms in total. The van der Waals surface area contributed by atoms with Crippen molar-refractivity contribution in [3.8, 4) is 11.5 Å². The molecular formula is C15H21N5. The highest BCUT2D eigenvalue weighted by Crippen LogP contribution is 2.27. The van der Waals surface area contributed by atoms with E-state index in [0.29, 0.717) is 17.6 Å².